The number of rotatable bonds is 8. The molecule has 1 unspecified atom stereocenters. The Hall–Kier alpha value is -2.42. The van der Waals surface area contributed by atoms with Crippen molar-refractivity contribution in [2.75, 3.05) is 21.3 Å². The van der Waals surface area contributed by atoms with Crippen LogP contribution in [0.25, 0.3) is 0 Å². The van der Waals surface area contributed by atoms with Gasteiger partial charge in [-0.05, 0) is 23.9 Å². The van der Waals surface area contributed by atoms with E-state index in [2.05, 4.69) is 5.32 Å². The Morgan fingerprint density at radius 2 is 1.67 bits per heavy atom. The zero-order valence-corrected chi connectivity index (χ0v) is 14.6. The molecule has 1 atom stereocenters. The molecule has 1 amide bonds. The summed E-state index contributed by atoms with van der Waals surface area (Å²) in [6.45, 7) is 1.58. The Bertz CT molecular complexity index is 607. The smallest absolute Gasteiger partial charge is 0.337 e. The van der Waals surface area contributed by atoms with Crippen LogP contribution in [0, 0.1) is 0 Å². The summed E-state index contributed by atoms with van der Waals surface area (Å²) in [5.74, 6) is -0.929. The molecule has 8 nitrogen and oxygen atoms in total. The Morgan fingerprint density at radius 3 is 2.04 bits per heavy atom. The number of methoxy groups -OCH3 is 3. The predicted octanol–water partition coefficient (Wildman–Crippen LogP) is 1.52. The molecule has 0 heterocycles. The summed E-state index contributed by atoms with van der Waals surface area (Å²) in [5.41, 5.74) is 0.159. The van der Waals surface area contributed by atoms with Gasteiger partial charge in [0.1, 0.15) is 0 Å². The molecule has 0 aliphatic rings. The van der Waals surface area contributed by atoms with Crippen LogP contribution in [0.2, 0.25) is 0 Å². The van der Waals surface area contributed by atoms with Crippen molar-refractivity contribution in [2.45, 2.75) is 18.7 Å². The average Bonchev–Trinajstić information content (AvgIpc) is 2.58. The van der Waals surface area contributed by atoms with Gasteiger partial charge in [-0.1, -0.05) is 6.92 Å². The molecule has 0 fully saturated rings. The summed E-state index contributed by atoms with van der Waals surface area (Å²) in [7, 11) is 4.23. The van der Waals surface area contributed by atoms with Gasteiger partial charge in [-0.3, -0.25) is 9.59 Å². The van der Waals surface area contributed by atoms with Crippen LogP contribution < -0.4 is 19.5 Å². The van der Waals surface area contributed by atoms with Crippen molar-refractivity contribution in [1.82, 2.24) is 5.32 Å². The number of thioether (sulfide) groups is 1. The average molecular weight is 357 g/mol. The zero-order valence-electron chi connectivity index (χ0n) is 13.7. The number of hydrogen-bond donors (Lipinski definition) is 2. The van der Waals surface area contributed by atoms with E-state index in [0.29, 0.717) is 17.5 Å². The van der Waals surface area contributed by atoms with Gasteiger partial charge in [0, 0.05) is 12.0 Å². The molecule has 0 aromatic heterocycles. The van der Waals surface area contributed by atoms with E-state index in [1.54, 1.807) is 6.92 Å². The van der Waals surface area contributed by atoms with Crippen LogP contribution in [0.4, 0.5) is 0 Å². The summed E-state index contributed by atoms with van der Waals surface area (Å²) in [5, 5.41) is 9.46. The second-order valence-electron chi connectivity index (χ2n) is 4.46. The molecule has 2 N–H and O–H groups in total. The highest BCUT2D eigenvalue weighted by Gasteiger charge is 2.26. The van der Waals surface area contributed by atoms with Gasteiger partial charge in [-0.2, -0.15) is 0 Å². The fourth-order valence-corrected chi connectivity index (χ4v) is 2.52. The summed E-state index contributed by atoms with van der Waals surface area (Å²) in [6, 6.07) is 2.83. The number of ether oxygens (including phenoxy) is 3. The van der Waals surface area contributed by atoms with Crippen molar-refractivity contribution >= 4 is 28.8 Å². The first kappa shape index (κ1) is 19.6. The standard InChI is InChI=1S/C15H19NO7S/c1-5-11(17)16-13(14(18)19)24-15(20)8-6-9(21-2)12(23-4)10(7-8)22-3/h6-7,13H,5H2,1-4H3,(H,16,17)(H,18,19). The Balaban J connectivity index is 3.09. The van der Waals surface area contributed by atoms with Crippen molar-refractivity contribution in [3.05, 3.63) is 17.7 Å². The van der Waals surface area contributed by atoms with E-state index in [1.807, 2.05) is 0 Å². The molecule has 132 valence electrons. The van der Waals surface area contributed by atoms with Gasteiger partial charge in [0.2, 0.25) is 16.8 Å². The van der Waals surface area contributed by atoms with Gasteiger partial charge in [-0.15, -0.1) is 0 Å². The highest BCUT2D eigenvalue weighted by atomic mass is 32.2. The Morgan fingerprint density at radius 1 is 1.12 bits per heavy atom. The molecule has 9 heteroatoms. The van der Waals surface area contributed by atoms with Crippen LogP contribution in [0.3, 0.4) is 0 Å². The Labute approximate surface area is 143 Å². The summed E-state index contributed by atoms with van der Waals surface area (Å²) >= 11 is 0.479. The number of nitrogens with one attached hydrogen (secondary N) is 1. The van der Waals surface area contributed by atoms with Gasteiger partial charge in [0.15, 0.2) is 16.9 Å². The number of benzene rings is 1. The maximum atomic E-state index is 12.4. The lowest BCUT2D eigenvalue weighted by molar-refractivity contribution is -0.139. The van der Waals surface area contributed by atoms with E-state index >= 15 is 0 Å². The number of hydrogen-bond acceptors (Lipinski definition) is 7. The van der Waals surface area contributed by atoms with Crippen LogP contribution >= 0.6 is 11.8 Å². The summed E-state index contributed by atoms with van der Waals surface area (Å²) < 4.78 is 15.5. The van der Waals surface area contributed by atoms with Crippen LogP contribution in [-0.2, 0) is 9.59 Å². The van der Waals surface area contributed by atoms with E-state index in [0.717, 1.165) is 0 Å². The van der Waals surface area contributed by atoms with E-state index in [4.69, 9.17) is 19.3 Å². The van der Waals surface area contributed by atoms with E-state index in [-0.39, 0.29) is 23.5 Å². The molecule has 0 aliphatic heterocycles. The maximum absolute atomic E-state index is 12.4. The summed E-state index contributed by atoms with van der Waals surface area (Å²) in [6.07, 6.45) is 0.114. The minimum atomic E-state index is -1.39. The Kier molecular flexibility index (Phi) is 7.37. The van der Waals surface area contributed by atoms with Gasteiger partial charge >= 0.3 is 5.97 Å². The molecule has 0 radical (unpaired) electrons. The van der Waals surface area contributed by atoms with Crippen molar-refractivity contribution in [1.29, 1.82) is 0 Å². The first-order valence-corrected chi connectivity index (χ1v) is 7.79. The summed E-state index contributed by atoms with van der Waals surface area (Å²) in [4.78, 5) is 34.9. The molecule has 1 aromatic carbocycles. The molecule has 0 bridgehead atoms. The normalized spacial score (nSPS) is 11.3. The van der Waals surface area contributed by atoms with Gasteiger partial charge in [0.05, 0.1) is 21.3 Å². The molecular formula is C15H19NO7S. The SMILES string of the molecule is CCC(=O)NC(SC(=O)c1cc(OC)c(OC)c(OC)c1)C(=O)O. The van der Waals surface area contributed by atoms with Crippen molar-refractivity contribution in [3.8, 4) is 17.2 Å². The number of amides is 1. The lowest BCUT2D eigenvalue weighted by atomic mass is 10.2. The topological polar surface area (TPSA) is 111 Å². The number of carboxylic acids is 1. The molecule has 0 aliphatic carbocycles. The van der Waals surface area contributed by atoms with Gasteiger partial charge in [0.25, 0.3) is 0 Å². The lowest BCUT2D eigenvalue weighted by Crippen LogP contribution is -2.38. The number of aliphatic carboxylic acids is 1. The van der Waals surface area contributed by atoms with E-state index in [9.17, 15) is 14.4 Å². The van der Waals surface area contributed by atoms with E-state index < -0.39 is 22.4 Å². The van der Waals surface area contributed by atoms with E-state index in [1.165, 1.54) is 33.5 Å². The first-order valence-electron chi connectivity index (χ1n) is 6.91. The highest BCUT2D eigenvalue weighted by molar-refractivity contribution is 8.15. The van der Waals surface area contributed by atoms with Crippen molar-refractivity contribution in [3.63, 3.8) is 0 Å². The molecule has 0 saturated heterocycles. The quantitative estimate of drug-likeness (QED) is 0.674. The largest absolute Gasteiger partial charge is 0.493 e. The molecule has 0 saturated carbocycles. The minimum absolute atomic E-state index is 0.114. The molecule has 0 spiro atoms. The second-order valence-corrected chi connectivity index (χ2v) is 5.54. The van der Waals surface area contributed by atoms with Gasteiger partial charge in [-0.25, -0.2) is 4.79 Å². The van der Waals surface area contributed by atoms with Crippen molar-refractivity contribution in [2.24, 2.45) is 0 Å². The third-order valence-electron chi connectivity index (χ3n) is 2.96. The van der Waals surface area contributed by atoms with Crippen molar-refractivity contribution < 1.29 is 33.7 Å². The predicted molar refractivity (Wildman–Crippen MR) is 87.9 cm³/mol. The highest BCUT2D eigenvalue weighted by Crippen LogP contribution is 2.39. The third-order valence-corrected chi connectivity index (χ3v) is 3.97. The monoisotopic (exact) mass is 357 g/mol. The van der Waals surface area contributed by atoms with Crippen LogP contribution in [0.1, 0.15) is 23.7 Å². The van der Waals surface area contributed by atoms with Crippen LogP contribution in [0.5, 0.6) is 17.2 Å². The lowest BCUT2D eigenvalue weighted by Gasteiger charge is -2.15. The molecule has 1 rings (SSSR count). The first-order chi connectivity index (χ1) is 11.4. The molecule has 1 aromatic rings. The maximum Gasteiger partial charge on any atom is 0.337 e. The third kappa shape index (κ3) is 4.79. The number of carbonyl (C=O) groups excluding carboxylic acids is 2. The zero-order chi connectivity index (χ0) is 18.3. The fraction of sp³-hybridized carbons (Fsp3) is 0.400. The number of carboxylic acid groups (broad SMARTS) is 1. The fourth-order valence-electron chi connectivity index (χ4n) is 1.76. The molecular weight excluding hydrogens is 338 g/mol. The van der Waals surface area contributed by atoms with Gasteiger partial charge < -0.3 is 24.6 Å². The second kappa shape index (κ2) is 9.02. The molecule has 24 heavy (non-hydrogen) atoms. The van der Waals surface area contributed by atoms with Crippen LogP contribution in [-0.4, -0.2) is 48.8 Å². The van der Waals surface area contributed by atoms with Crippen LogP contribution in [0.15, 0.2) is 12.1 Å². The minimum Gasteiger partial charge on any atom is -0.493 e. The number of carbonyl (C=O) groups is 3.